The molecule has 0 aromatic carbocycles. The quantitative estimate of drug-likeness (QED) is 0.866. The van der Waals surface area contributed by atoms with Gasteiger partial charge in [-0.1, -0.05) is 0 Å². The standard InChI is InChI=1S/C11H16F2N4O/c1-6(2)16-11(18)7-5-15-17-8(9(12)13)3-4-14-10(7)17/h5-6,8-9,14H,3-4H2,1-2H3,(H,16,18). The minimum atomic E-state index is -2.48. The molecule has 0 saturated carbocycles. The lowest BCUT2D eigenvalue weighted by Gasteiger charge is -2.25. The zero-order valence-electron chi connectivity index (χ0n) is 10.3. The molecule has 0 spiro atoms. The normalized spacial score (nSPS) is 18.7. The first-order valence-corrected chi connectivity index (χ1v) is 5.91. The molecule has 0 saturated heterocycles. The maximum absolute atomic E-state index is 12.8. The van der Waals surface area contributed by atoms with Crippen LogP contribution in [0, 0.1) is 0 Å². The summed E-state index contributed by atoms with van der Waals surface area (Å²) in [5.41, 5.74) is 0.314. The average molecular weight is 258 g/mol. The summed E-state index contributed by atoms with van der Waals surface area (Å²) >= 11 is 0. The van der Waals surface area contributed by atoms with Gasteiger partial charge < -0.3 is 10.6 Å². The van der Waals surface area contributed by atoms with E-state index in [4.69, 9.17) is 0 Å². The fourth-order valence-corrected chi connectivity index (χ4v) is 1.99. The van der Waals surface area contributed by atoms with Crippen LogP contribution in [0.4, 0.5) is 14.6 Å². The largest absolute Gasteiger partial charge is 0.370 e. The number of nitrogens with zero attached hydrogens (tertiary/aromatic N) is 2. The van der Waals surface area contributed by atoms with Crippen molar-refractivity contribution >= 4 is 11.7 Å². The average Bonchev–Trinajstić information content (AvgIpc) is 2.70. The molecule has 0 aliphatic carbocycles. The molecule has 0 radical (unpaired) electrons. The summed E-state index contributed by atoms with van der Waals surface area (Å²) in [7, 11) is 0. The SMILES string of the molecule is CC(C)NC(=O)c1cnn2c1NCCC2C(F)F. The lowest BCUT2D eigenvalue weighted by Crippen LogP contribution is -2.32. The molecule has 2 N–H and O–H groups in total. The van der Waals surface area contributed by atoms with Gasteiger partial charge in [0.05, 0.1) is 6.20 Å². The molecule has 1 aromatic rings. The number of halogens is 2. The van der Waals surface area contributed by atoms with Crippen molar-refractivity contribution in [2.75, 3.05) is 11.9 Å². The topological polar surface area (TPSA) is 59.0 Å². The molecule has 2 heterocycles. The van der Waals surface area contributed by atoms with Gasteiger partial charge in [0.1, 0.15) is 17.4 Å². The highest BCUT2D eigenvalue weighted by Gasteiger charge is 2.31. The highest BCUT2D eigenvalue weighted by atomic mass is 19.3. The Morgan fingerprint density at radius 1 is 1.61 bits per heavy atom. The lowest BCUT2D eigenvalue weighted by molar-refractivity contribution is 0.0713. The van der Waals surface area contributed by atoms with E-state index in [1.807, 2.05) is 13.8 Å². The molecule has 1 aliphatic rings. The molecular formula is C11H16F2N4O. The van der Waals surface area contributed by atoms with E-state index in [-0.39, 0.29) is 11.9 Å². The number of amides is 1. The number of anilines is 1. The molecule has 1 unspecified atom stereocenters. The number of hydrogen-bond donors (Lipinski definition) is 2. The molecule has 100 valence electrons. The van der Waals surface area contributed by atoms with Crippen molar-refractivity contribution in [1.82, 2.24) is 15.1 Å². The van der Waals surface area contributed by atoms with E-state index in [2.05, 4.69) is 15.7 Å². The van der Waals surface area contributed by atoms with Gasteiger partial charge >= 0.3 is 0 Å². The molecule has 0 bridgehead atoms. The Hall–Kier alpha value is -1.66. The number of nitrogens with one attached hydrogen (secondary N) is 2. The fourth-order valence-electron chi connectivity index (χ4n) is 1.99. The minimum Gasteiger partial charge on any atom is -0.370 e. The Kier molecular flexibility index (Phi) is 3.49. The molecule has 7 heteroatoms. The van der Waals surface area contributed by atoms with Gasteiger partial charge in [-0.05, 0) is 20.3 Å². The first kappa shape index (κ1) is 12.8. The van der Waals surface area contributed by atoms with Crippen LogP contribution in [0.5, 0.6) is 0 Å². The van der Waals surface area contributed by atoms with Crippen LogP contribution in [0.2, 0.25) is 0 Å². The van der Waals surface area contributed by atoms with E-state index in [9.17, 15) is 13.6 Å². The molecule has 5 nitrogen and oxygen atoms in total. The van der Waals surface area contributed by atoms with Crippen LogP contribution in [0.1, 0.15) is 36.7 Å². The molecular weight excluding hydrogens is 242 g/mol. The summed E-state index contributed by atoms with van der Waals surface area (Å²) in [5, 5.41) is 9.58. The number of carbonyl (C=O) groups is 1. The fraction of sp³-hybridized carbons (Fsp3) is 0.636. The van der Waals surface area contributed by atoms with E-state index in [1.165, 1.54) is 10.9 Å². The van der Waals surface area contributed by atoms with E-state index in [0.717, 1.165) is 0 Å². The van der Waals surface area contributed by atoms with Crippen molar-refractivity contribution in [2.24, 2.45) is 0 Å². The van der Waals surface area contributed by atoms with Gasteiger partial charge in [-0.25, -0.2) is 13.5 Å². The van der Waals surface area contributed by atoms with E-state index < -0.39 is 12.5 Å². The van der Waals surface area contributed by atoms with Crippen molar-refractivity contribution in [2.45, 2.75) is 38.8 Å². The molecule has 1 atom stereocenters. The smallest absolute Gasteiger partial charge is 0.260 e. The highest BCUT2D eigenvalue weighted by molar-refractivity contribution is 5.98. The molecule has 0 fully saturated rings. The zero-order chi connectivity index (χ0) is 13.3. The van der Waals surface area contributed by atoms with Crippen molar-refractivity contribution in [3.63, 3.8) is 0 Å². The Balaban J connectivity index is 2.28. The Morgan fingerprint density at radius 3 is 2.94 bits per heavy atom. The number of aromatic nitrogens is 2. The predicted octanol–water partition coefficient (Wildman–Crippen LogP) is 1.64. The molecule has 2 rings (SSSR count). The summed E-state index contributed by atoms with van der Waals surface area (Å²) in [4.78, 5) is 11.9. The first-order chi connectivity index (χ1) is 8.50. The third-order valence-corrected chi connectivity index (χ3v) is 2.80. The highest BCUT2D eigenvalue weighted by Crippen LogP contribution is 2.30. The monoisotopic (exact) mass is 258 g/mol. The van der Waals surface area contributed by atoms with Crippen molar-refractivity contribution in [3.8, 4) is 0 Å². The van der Waals surface area contributed by atoms with E-state index in [0.29, 0.717) is 24.3 Å². The van der Waals surface area contributed by atoms with Gasteiger partial charge in [-0.3, -0.25) is 4.79 Å². The maximum atomic E-state index is 12.8. The van der Waals surface area contributed by atoms with Crippen LogP contribution in [-0.4, -0.2) is 34.7 Å². The number of fused-ring (bicyclic) bond motifs is 1. The zero-order valence-corrected chi connectivity index (χ0v) is 10.3. The van der Waals surface area contributed by atoms with Crippen LogP contribution in [-0.2, 0) is 0 Å². The third-order valence-electron chi connectivity index (χ3n) is 2.80. The Morgan fingerprint density at radius 2 is 2.33 bits per heavy atom. The van der Waals surface area contributed by atoms with Crippen molar-refractivity contribution in [1.29, 1.82) is 0 Å². The van der Waals surface area contributed by atoms with Gasteiger partial charge in [0.15, 0.2) is 0 Å². The Labute approximate surface area is 104 Å². The number of carbonyl (C=O) groups excluding carboxylic acids is 1. The van der Waals surface area contributed by atoms with Crippen LogP contribution in [0.25, 0.3) is 0 Å². The second-order valence-electron chi connectivity index (χ2n) is 4.60. The first-order valence-electron chi connectivity index (χ1n) is 5.91. The van der Waals surface area contributed by atoms with Crippen LogP contribution in [0.3, 0.4) is 0 Å². The summed E-state index contributed by atoms with van der Waals surface area (Å²) < 4.78 is 26.9. The second-order valence-corrected chi connectivity index (χ2v) is 4.60. The number of hydrogen-bond acceptors (Lipinski definition) is 3. The molecule has 1 aromatic heterocycles. The van der Waals surface area contributed by atoms with Crippen LogP contribution in [0.15, 0.2) is 6.20 Å². The van der Waals surface area contributed by atoms with Gasteiger partial charge in [0.25, 0.3) is 12.3 Å². The van der Waals surface area contributed by atoms with Crippen LogP contribution < -0.4 is 10.6 Å². The van der Waals surface area contributed by atoms with Gasteiger partial charge in [-0.2, -0.15) is 5.10 Å². The lowest BCUT2D eigenvalue weighted by atomic mass is 10.1. The summed E-state index contributed by atoms with van der Waals surface area (Å²) in [6, 6.07) is -0.968. The second kappa shape index (κ2) is 4.91. The van der Waals surface area contributed by atoms with Gasteiger partial charge in [0.2, 0.25) is 0 Å². The molecule has 1 aliphatic heterocycles. The summed E-state index contributed by atoms with van der Waals surface area (Å²) in [6.45, 7) is 4.09. The van der Waals surface area contributed by atoms with Gasteiger partial charge in [-0.15, -0.1) is 0 Å². The summed E-state index contributed by atoms with van der Waals surface area (Å²) in [6.07, 6.45) is -0.843. The number of alkyl halides is 2. The maximum Gasteiger partial charge on any atom is 0.260 e. The minimum absolute atomic E-state index is 0.0115. The van der Waals surface area contributed by atoms with E-state index >= 15 is 0 Å². The van der Waals surface area contributed by atoms with E-state index in [1.54, 1.807) is 0 Å². The Bertz CT molecular complexity index is 444. The van der Waals surface area contributed by atoms with Gasteiger partial charge in [0, 0.05) is 12.6 Å². The van der Waals surface area contributed by atoms with Crippen LogP contribution >= 0.6 is 0 Å². The van der Waals surface area contributed by atoms with Crippen molar-refractivity contribution in [3.05, 3.63) is 11.8 Å². The molecule has 1 amide bonds. The number of rotatable bonds is 3. The van der Waals surface area contributed by atoms with Crippen molar-refractivity contribution < 1.29 is 13.6 Å². The predicted molar refractivity (Wildman–Crippen MR) is 63.0 cm³/mol. The third kappa shape index (κ3) is 2.30. The summed E-state index contributed by atoms with van der Waals surface area (Å²) in [5.74, 6) is 0.0818. The molecule has 18 heavy (non-hydrogen) atoms.